The summed E-state index contributed by atoms with van der Waals surface area (Å²) in [4.78, 5) is 43.5. The molecule has 0 spiro atoms. The molecule has 2 heterocycles. The van der Waals surface area contributed by atoms with E-state index < -0.39 is 27.1 Å². The Bertz CT molecular complexity index is 961. The van der Waals surface area contributed by atoms with Gasteiger partial charge < -0.3 is 20.3 Å². The number of morpholine rings is 1. The lowest BCUT2D eigenvalue weighted by molar-refractivity contribution is -0.394. The molecule has 0 atom stereocenters. The smallest absolute Gasteiger partial charge is 0.277 e. The van der Waals surface area contributed by atoms with Gasteiger partial charge in [-0.3, -0.25) is 25.0 Å². The van der Waals surface area contributed by atoms with Gasteiger partial charge in [0.05, 0.1) is 34.7 Å². The van der Waals surface area contributed by atoms with Crippen LogP contribution in [0.25, 0.3) is 0 Å². The summed E-state index contributed by atoms with van der Waals surface area (Å²) in [5.74, 6) is 1.32. The number of aryl methyl sites for hydroxylation is 1. The van der Waals surface area contributed by atoms with Gasteiger partial charge in [-0.15, -0.1) is 0 Å². The van der Waals surface area contributed by atoms with Crippen molar-refractivity contribution >= 4 is 28.9 Å². The molecule has 164 valence electrons. The van der Waals surface area contributed by atoms with Crippen LogP contribution in [0.3, 0.4) is 0 Å². The molecule has 1 fully saturated rings. The largest absolute Gasteiger partial charge is 0.378 e. The van der Waals surface area contributed by atoms with Crippen molar-refractivity contribution in [3.63, 3.8) is 0 Å². The molecular formula is C18H21N7O6. The number of carbonyl (C=O) groups excluding carboxylic acids is 1. The summed E-state index contributed by atoms with van der Waals surface area (Å²) in [6.45, 7) is 5.02. The summed E-state index contributed by atoms with van der Waals surface area (Å²) in [6.07, 6.45) is 0. The highest BCUT2D eigenvalue weighted by atomic mass is 16.6. The van der Waals surface area contributed by atoms with E-state index in [1.807, 2.05) is 6.07 Å². The first-order valence-electron chi connectivity index (χ1n) is 9.48. The number of nitro benzene ring substituents is 2. The summed E-state index contributed by atoms with van der Waals surface area (Å²) in [6, 6.07) is 4.61. The summed E-state index contributed by atoms with van der Waals surface area (Å²) in [7, 11) is 0. The monoisotopic (exact) mass is 431 g/mol. The maximum Gasteiger partial charge on any atom is 0.277 e. The Morgan fingerprint density at radius 1 is 1.06 bits per heavy atom. The van der Waals surface area contributed by atoms with Crippen molar-refractivity contribution < 1.29 is 19.4 Å². The second-order valence-corrected chi connectivity index (χ2v) is 6.69. The number of carbonyl (C=O) groups is 1. The topological polar surface area (TPSA) is 166 Å². The minimum Gasteiger partial charge on any atom is -0.378 e. The van der Waals surface area contributed by atoms with E-state index in [1.54, 1.807) is 6.92 Å². The van der Waals surface area contributed by atoms with Crippen LogP contribution in [0.15, 0.2) is 24.3 Å². The summed E-state index contributed by atoms with van der Waals surface area (Å²) < 4.78 is 5.35. The molecule has 13 heteroatoms. The van der Waals surface area contributed by atoms with Gasteiger partial charge in [-0.1, -0.05) is 0 Å². The number of nitrogens with zero attached hydrogens (tertiary/aromatic N) is 5. The van der Waals surface area contributed by atoms with E-state index >= 15 is 0 Å². The summed E-state index contributed by atoms with van der Waals surface area (Å²) >= 11 is 0. The number of amides is 1. The van der Waals surface area contributed by atoms with Gasteiger partial charge in [-0.25, -0.2) is 9.97 Å². The Morgan fingerprint density at radius 3 is 2.32 bits per heavy atom. The first kappa shape index (κ1) is 21.8. The van der Waals surface area contributed by atoms with Crippen LogP contribution in [0.1, 0.15) is 16.2 Å². The molecule has 3 rings (SSSR count). The molecule has 0 saturated carbocycles. The fourth-order valence-corrected chi connectivity index (χ4v) is 3.00. The zero-order chi connectivity index (χ0) is 22.4. The average molecular weight is 431 g/mol. The number of non-ortho nitro benzene ring substituents is 2. The van der Waals surface area contributed by atoms with Gasteiger partial charge in [0.1, 0.15) is 17.5 Å². The lowest BCUT2D eigenvalue weighted by atomic mass is 10.1. The van der Waals surface area contributed by atoms with Crippen molar-refractivity contribution in [1.29, 1.82) is 0 Å². The lowest BCUT2D eigenvalue weighted by Crippen LogP contribution is -2.37. The van der Waals surface area contributed by atoms with Crippen molar-refractivity contribution in [3.8, 4) is 0 Å². The van der Waals surface area contributed by atoms with Crippen LogP contribution < -0.4 is 15.5 Å². The molecule has 13 nitrogen and oxygen atoms in total. The maximum absolute atomic E-state index is 12.3. The number of nitro groups is 2. The number of nitrogens with one attached hydrogen (secondary N) is 2. The third-order valence-corrected chi connectivity index (χ3v) is 4.46. The summed E-state index contributed by atoms with van der Waals surface area (Å²) in [5.41, 5.74) is -1.21. The highest BCUT2D eigenvalue weighted by Gasteiger charge is 2.20. The van der Waals surface area contributed by atoms with Crippen LogP contribution >= 0.6 is 0 Å². The predicted octanol–water partition coefficient (Wildman–Crippen LogP) is 1.28. The molecule has 0 unspecified atom stereocenters. The minimum absolute atomic E-state index is 0.159. The van der Waals surface area contributed by atoms with Gasteiger partial charge in [0.15, 0.2) is 0 Å². The van der Waals surface area contributed by atoms with Crippen LogP contribution in [0.2, 0.25) is 0 Å². The van der Waals surface area contributed by atoms with Crippen LogP contribution in [0, 0.1) is 27.2 Å². The van der Waals surface area contributed by atoms with Crippen molar-refractivity contribution in [3.05, 3.63) is 55.9 Å². The number of anilines is 2. The molecule has 1 aliphatic rings. The zero-order valence-electron chi connectivity index (χ0n) is 16.7. The van der Waals surface area contributed by atoms with Crippen molar-refractivity contribution in [2.24, 2.45) is 0 Å². The van der Waals surface area contributed by atoms with Gasteiger partial charge in [-0.2, -0.15) is 0 Å². The average Bonchev–Trinajstić information content (AvgIpc) is 2.76. The Balaban J connectivity index is 1.58. The summed E-state index contributed by atoms with van der Waals surface area (Å²) in [5, 5.41) is 27.6. The molecule has 1 aromatic carbocycles. The number of hydrogen-bond acceptors (Lipinski definition) is 10. The molecule has 1 aliphatic heterocycles. The first-order valence-corrected chi connectivity index (χ1v) is 9.48. The Morgan fingerprint density at radius 2 is 1.71 bits per heavy atom. The quantitative estimate of drug-likeness (QED) is 0.353. The van der Waals surface area contributed by atoms with Crippen molar-refractivity contribution in [1.82, 2.24) is 15.3 Å². The molecule has 1 amide bonds. The molecule has 0 radical (unpaired) electrons. The number of hydrogen-bond donors (Lipinski definition) is 2. The molecular weight excluding hydrogens is 410 g/mol. The molecule has 0 aliphatic carbocycles. The third-order valence-electron chi connectivity index (χ3n) is 4.46. The third kappa shape index (κ3) is 5.82. The SMILES string of the molecule is Cc1nc(NCCNC(=O)c2cc([N+](=O)[O-])cc([N+](=O)[O-])c2)cc(N2CCOCC2)n1. The zero-order valence-corrected chi connectivity index (χ0v) is 16.7. The van der Waals surface area contributed by atoms with Crippen LogP contribution in [-0.4, -0.2) is 65.1 Å². The standard InChI is InChI=1S/C18H21N7O6/c1-12-21-16(11-17(22-12)23-4-6-31-7-5-23)19-2-3-20-18(26)13-8-14(24(27)28)10-15(9-13)25(29)30/h8-11H,2-7H2,1H3,(H,20,26)(H,19,21,22). The number of rotatable bonds is 8. The highest BCUT2D eigenvalue weighted by molar-refractivity contribution is 5.95. The molecule has 2 aromatic rings. The second kappa shape index (κ2) is 9.75. The van der Waals surface area contributed by atoms with Crippen molar-refractivity contribution in [2.75, 3.05) is 49.6 Å². The molecule has 1 saturated heterocycles. The van der Waals surface area contributed by atoms with E-state index in [9.17, 15) is 25.0 Å². The van der Waals surface area contributed by atoms with Crippen LogP contribution in [0.4, 0.5) is 23.0 Å². The van der Waals surface area contributed by atoms with E-state index in [0.29, 0.717) is 31.4 Å². The normalized spacial score (nSPS) is 13.5. The second-order valence-electron chi connectivity index (χ2n) is 6.69. The molecule has 1 aromatic heterocycles. The first-order chi connectivity index (χ1) is 14.8. The molecule has 31 heavy (non-hydrogen) atoms. The van der Waals surface area contributed by atoms with E-state index in [1.165, 1.54) is 0 Å². The van der Waals surface area contributed by atoms with Gasteiger partial charge >= 0.3 is 0 Å². The van der Waals surface area contributed by atoms with E-state index in [2.05, 4.69) is 25.5 Å². The maximum atomic E-state index is 12.3. The fourth-order valence-electron chi connectivity index (χ4n) is 3.00. The van der Waals surface area contributed by atoms with Gasteiger partial charge in [0.2, 0.25) is 0 Å². The predicted molar refractivity (Wildman–Crippen MR) is 110 cm³/mol. The molecule has 2 N–H and O–H groups in total. The van der Waals surface area contributed by atoms with Gasteiger partial charge in [0.25, 0.3) is 17.3 Å². The Hall–Kier alpha value is -3.87. The lowest BCUT2D eigenvalue weighted by Gasteiger charge is -2.28. The van der Waals surface area contributed by atoms with E-state index in [4.69, 9.17) is 4.74 Å². The fraction of sp³-hybridized carbons (Fsp3) is 0.389. The Kier molecular flexibility index (Phi) is 6.87. The van der Waals surface area contributed by atoms with Crippen LogP contribution in [-0.2, 0) is 4.74 Å². The number of aromatic nitrogens is 2. The van der Waals surface area contributed by atoms with Gasteiger partial charge in [0, 0.05) is 44.4 Å². The Labute approximate surface area is 176 Å². The molecule has 0 bridgehead atoms. The number of ether oxygens (including phenoxy) is 1. The van der Waals surface area contributed by atoms with Crippen LogP contribution in [0.5, 0.6) is 0 Å². The minimum atomic E-state index is -0.783. The highest BCUT2D eigenvalue weighted by Crippen LogP contribution is 2.22. The van der Waals surface area contributed by atoms with Crippen molar-refractivity contribution in [2.45, 2.75) is 6.92 Å². The van der Waals surface area contributed by atoms with E-state index in [0.717, 1.165) is 37.1 Å². The van der Waals surface area contributed by atoms with Gasteiger partial charge in [-0.05, 0) is 6.92 Å². The van der Waals surface area contributed by atoms with E-state index in [-0.39, 0.29) is 12.1 Å². The number of benzene rings is 1.